The summed E-state index contributed by atoms with van der Waals surface area (Å²) in [7, 11) is 5.13. The molecule has 3 aromatic rings. The Kier molecular flexibility index (Phi) is 6.53. The molecule has 1 N–H and O–H groups in total. The highest BCUT2D eigenvalue weighted by molar-refractivity contribution is 5.80. The van der Waals surface area contributed by atoms with Gasteiger partial charge in [-0.15, -0.1) is 0 Å². The molecule has 1 amide bonds. The number of anilines is 1. The SMILES string of the molecule is COc1cc(OC)cc([C@H](NC(=O)[C@H]2CCCN(c3cnccn3)C2)c2nccn2C)c1. The summed E-state index contributed by atoms with van der Waals surface area (Å²) < 4.78 is 12.8. The Bertz CT molecular complexity index is 1030. The van der Waals surface area contributed by atoms with Gasteiger partial charge in [0.1, 0.15) is 29.2 Å². The second kappa shape index (κ2) is 9.67. The first kappa shape index (κ1) is 21.6. The zero-order valence-electron chi connectivity index (χ0n) is 18.6. The average molecular weight is 437 g/mol. The van der Waals surface area contributed by atoms with Crippen molar-refractivity contribution in [2.24, 2.45) is 13.0 Å². The number of piperidine rings is 1. The van der Waals surface area contributed by atoms with Gasteiger partial charge in [-0.1, -0.05) is 0 Å². The van der Waals surface area contributed by atoms with Crippen molar-refractivity contribution >= 4 is 11.7 Å². The molecule has 1 aromatic carbocycles. The van der Waals surface area contributed by atoms with Crippen LogP contribution in [0.4, 0.5) is 5.82 Å². The lowest BCUT2D eigenvalue weighted by molar-refractivity contribution is -0.125. The van der Waals surface area contributed by atoms with Crippen molar-refractivity contribution in [3.8, 4) is 11.5 Å². The summed E-state index contributed by atoms with van der Waals surface area (Å²) in [4.78, 5) is 28.6. The van der Waals surface area contributed by atoms with E-state index in [2.05, 4.69) is 25.2 Å². The van der Waals surface area contributed by atoms with Crippen LogP contribution in [-0.4, -0.2) is 52.7 Å². The summed E-state index contributed by atoms with van der Waals surface area (Å²) in [6.45, 7) is 1.46. The van der Waals surface area contributed by atoms with Crippen LogP contribution in [0.5, 0.6) is 11.5 Å². The number of ether oxygens (including phenoxy) is 2. The van der Waals surface area contributed by atoms with Crippen LogP contribution < -0.4 is 19.7 Å². The van der Waals surface area contributed by atoms with Crippen LogP contribution in [0, 0.1) is 5.92 Å². The monoisotopic (exact) mass is 436 g/mol. The second-order valence-electron chi connectivity index (χ2n) is 7.83. The number of aromatic nitrogens is 4. The third kappa shape index (κ3) is 4.66. The number of amides is 1. The topological polar surface area (TPSA) is 94.4 Å². The first-order valence-corrected chi connectivity index (χ1v) is 10.6. The van der Waals surface area contributed by atoms with E-state index in [9.17, 15) is 4.79 Å². The molecule has 3 heterocycles. The van der Waals surface area contributed by atoms with Crippen molar-refractivity contribution in [2.45, 2.75) is 18.9 Å². The first-order chi connectivity index (χ1) is 15.6. The normalized spacial score (nSPS) is 17.0. The Hall–Kier alpha value is -3.62. The number of nitrogens with zero attached hydrogens (tertiary/aromatic N) is 5. The van der Waals surface area contributed by atoms with E-state index < -0.39 is 6.04 Å². The Morgan fingerprint density at radius 2 is 1.91 bits per heavy atom. The van der Waals surface area contributed by atoms with Crippen molar-refractivity contribution in [3.05, 3.63) is 60.6 Å². The van der Waals surface area contributed by atoms with Crippen LogP contribution in [0.15, 0.2) is 49.2 Å². The molecule has 1 saturated heterocycles. The summed E-state index contributed by atoms with van der Waals surface area (Å²) >= 11 is 0. The maximum absolute atomic E-state index is 13.4. The third-order valence-electron chi connectivity index (χ3n) is 5.78. The average Bonchev–Trinajstić information content (AvgIpc) is 3.28. The minimum absolute atomic E-state index is 0.0200. The smallest absolute Gasteiger partial charge is 0.225 e. The molecule has 0 aliphatic carbocycles. The highest BCUT2D eigenvalue weighted by Crippen LogP contribution is 2.30. The number of benzene rings is 1. The standard InChI is InChI=1S/C23H28N6O3/c1-28-10-8-26-22(28)21(17-11-18(31-2)13-19(12-17)32-3)27-23(30)16-5-4-9-29(15-16)20-14-24-6-7-25-20/h6-8,10-14,16,21H,4-5,9,15H2,1-3H3,(H,27,30)/t16-,21-/m0/s1. The predicted octanol–water partition coefficient (Wildman–Crippen LogP) is 2.35. The highest BCUT2D eigenvalue weighted by atomic mass is 16.5. The van der Waals surface area contributed by atoms with Crippen LogP contribution in [0.2, 0.25) is 0 Å². The van der Waals surface area contributed by atoms with Crippen molar-refractivity contribution in [1.82, 2.24) is 24.8 Å². The fourth-order valence-corrected chi connectivity index (χ4v) is 4.06. The van der Waals surface area contributed by atoms with E-state index >= 15 is 0 Å². The molecule has 4 rings (SSSR count). The molecule has 0 saturated carbocycles. The van der Waals surface area contributed by atoms with Gasteiger partial charge in [0, 0.05) is 51.0 Å². The van der Waals surface area contributed by atoms with E-state index in [0.717, 1.165) is 36.6 Å². The molecule has 0 spiro atoms. The Morgan fingerprint density at radius 3 is 2.53 bits per heavy atom. The molecule has 2 aromatic heterocycles. The Morgan fingerprint density at radius 1 is 1.12 bits per heavy atom. The van der Waals surface area contributed by atoms with E-state index in [4.69, 9.17) is 9.47 Å². The Balaban J connectivity index is 1.59. The predicted molar refractivity (Wildman–Crippen MR) is 120 cm³/mol. The Labute approximate surface area is 187 Å². The summed E-state index contributed by atoms with van der Waals surface area (Å²) in [6, 6.07) is 5.16. The van der Waals surface area contributed by atoms with Gasteiger partial charge in [-0.25, -0.2) is 9.97 Å². The van der Waals surface area contributed by atoms with Crippen LogP contribution in [0.3, 0.4) is 0 Å². The molecule has 1 fully saturated rings. The number of methoxy groups -OCH3 is 2. The molecule has 9 nitrogen and oxygen atoms in total. The lowest BCUT2D eigenvalue weighted by Crippen LogP contribution is -2.44. The zero-order chi connectivity index (χ0) is 22.5. The van der Waals surface area contributed by atoms with E-state index in [0.29, 0.717) is 18.0 Å². The van der Waals surface area contributed by atoms with Gasteiger partial charge >= 0.3 is 0 Å². The van der Waals surface area contributed by atoms with E-state index in [1.807, 2.05) is 29.9 Å². The molecule has 0 bridgehead atoms. The van der Waals surface area contributed by atoms with Crippen LogP contribution in [0.25, 0.3) is 0 Å². The maximum atomic E-state index is 13.4. The number of carbonyl (C=O) groups excluding carboxylic acids is 1. The first-order valence-electron chi connectivity index (χ1n) is 10.6. The molecule has 1 aliphatic rings. The molecule has 2 atom stereocenters. The lowest BCUT2D eigenvalue weighted by atomic mass is 9.96. The number of hydrogen-bond donors (Lipinski definition) is 1. The van der Waals surface area contributed by atoms with Crippen LogP contribution in [0.1, 0.15) is 30.3 Å². The van der Waals surface area contributed by atoms with Crippen molar-refractivity contribution in [1.29, 1.82) is 0 Å². The number of rotatable bonds is 7. The minimum atomic E-state index is -0.446. The van der Waals surface area contributed by atoms with Gasteiger partial charge in [-0.3, -0.25) is 9.78 Å². The maximum Gasteiger partial charge on any atom is 0.225 e. The van der Waals surface area contributed by atoms with Crippen LogP contribution >= 0.6 is 0 Å². The molecule has 1 aliphatic heterocycles. The fourth-order valence-electron chi connectivity index (χ4n) is 4.06. The summed E-state index contributed by atoms with van der Waals surface area (Å²) in [6.07, 6.45) is 10.4. The van der Waals surface area contributed by atoms with Gasteiger partial charge in [-0.2, -0.15) is 0 Å². The number of imidazole rings is 1. The quantitative estimate of drug-likeness (QED) is 0.608. The highest BCUT2D eigenvalue weighted by Gasteiger charge is 2.30. The summed E-state index contributed by atoms with van der Waals surface area (Å²) in [5.74, 6) is 2.64. The van der Waals surface area contributed by atoms with E-state index in [1.165, 1.54) is 0 Å². The van der Waals surface area contributed by atoms with Crippen molar-refractivity contribution < 1.29 is 14.3 Å². The molecular formula is C23H28N6O3. The molecule has 32 heavy (non-hydrogen) atoms. The van der Waals surface area contributed by atoms with Gasteiger partial charge in [0.25, 0.3) is 0 Å². The largest absolute Gasteiger partial charge is 0.497 e. The van der Waals surface area contributed by atoms with Gasteiger partial charge < -0.3 is 24.3 Å². The van der Waals surface area contributed by atoms with Crippen molar-refractivity contribution in [2.75, 3.05) is 32.2 Å². The third-order valence-corrected chi connectivity index (χ3v) is 5.78. The molecule has 0 unspecified atom stereocenters. The number of aryl methyl sites for hydroxylation is 1. The molecule has 168 valence electrons. The molecule has 9 heteroatoms. The lowest BCUT2D eigenvalue weighted by Gasteiger charge is -2.33. The summed E-state index contributed by atoms with van der Waals surface area (Å²) in [5, 5.41) is 3.22. The second-order valence-corrected chi connectivity index (χ2v) is 7.83. The van der Waals surface area contributed by atoms with E-state index in [1.54, 1.807) is 45.1 Å². The van der Waals surface area contributed by atoms with Crippen molar-refractivity contribution in [3.63, 3.8) is 0 Å². The van der Waals surface area contributed by atoms with Gasteiger partial charge in [0.15, 0.2) is 0 Å². The van der Waals surface area contributed by atoms with E-state index in [-0.39, 0.29) is 11.8 Å². The summed E-state index contributed by atoms with van der Waals surface area (Å²) in [5.41, 5.74) is 0.838. The number of carbonyl (C=O) groups is 1. The minimum Gasteiger partial charge on any atom is -0.497 e. The number of nitrogens with one attached hydrogen (secondary N) is 1. The van der Waals surface area contributed by atoms with Gasteiger partial charge in [-0.05, 0) is 30.5 Å². The fraction of sp³-hybridized carbons (Fsp3) is 0.391. The zero-order valence-corrected chi connectivity index (χ0v) is 18.6. The van der Waals surface area contributed by atoms with Crippen LogP contribution in [-0.2, 0) is 11.8 Å². The number of hydrogen-bond acceptors (Lipinski definition) is 7. The van der Waals surface area contributed by atoms with Gasteiger partial charge in [0.2, 0.25) is 5.91 Å². The molecular weight excluding hydrogens is 408 g/mol. The van der Waals surface area contributed by atoms with Gasteiger partial charge in [0.05, 0.1) is 26.3 Å². The molecule has 0 radical (unpaired) electrons.